The first kappa shape index (κ1) is 10.7. The van der Waals surface area contributed by atoms with Gasteiger partial charge in [0, 0.05) is 10.4 Å². The Labute approximate surface area is 87.9 Å². The van der Waals surface area contributed by atoms with Gasteiger partial charge in [-0.1, -0.05) is 48.0 Å². The molecule has 0 aromatic heterocycles. The summed E-state index contributed by atoms with van der Waals surface area (Å²) in [6.45, 7) is 4.05. The molecule has 2 heteroatoms. The van der Waals surface area contributed by atoms with Gasteiger partial charge in [0.2, 0.25) is 0 Å². The molecule has 1 rings (SSSR count). The van der Waals surface area contributed by atoms with E-state index in [0.717, 1.165) is 10.9 Å². The van der Waals surface area contributed by atoms with Crippen LogP contribution >= 0.6 is 15.9 Å². The molecular weight excluding hydrogens is 228 g/mol. The molecule has 0 amide bonds. The molecule has 1 N–H and O–H groups in total. The molecule has 0 bridgehead atoms. The predicted octanol–water partition coefficient (Wildman–Crippen LogP) is 3.32. The monoisotopic (exact) mass is 242 g/mol. The fraction of sp³-hybridized carbons (Fsp3) is 0.455. The second-order valence-corrected chi connectivity index (χ2v) is 4.14. The van der Waals surface area contributed by atoms with Crippen LogP contribution in [-0.2, 0) is 0 Å². The van der Waals surface area contributed by atoms with Gasteiger partial charge in [0.1, 0.15) is 0 Å². The maximum Gasteiger partial charge on any atom is 0.0603 e. The van der Waals surface area contributed by atoms with Crippen molar-refractivity contribution in [3.8, 4) is 0 Å². The van der Waals surface area contributed by atoms with Gasteiger partial charge in [0.15, 0.2) is 0 Å². The van der Waals surface area contributed by atoms with Crippen LogP contribution in [0, 0.1) is 0 Å². The fourth-order valence-corrected chi connectivity index (χ4v) is 2.05. The van der Waals surface area contributed by atoms with Crippen molar-refractivity contribution in [1.82, 2.24) is 0 Å². The minimum Gasteiger partial charge on any atom is -0.393 e. The number of rotatable bonds is 3. The second kappa shape index (κ2) is 4.77. The van der Waals surface area contributed by atoms with Gasteiger partial charge in [0.05, 0.1) is 6.10 Å². The van der Waals surface area contributed by atoms with Gasteiger partial charge < -0.3 is 5.11 Å². The summed E-state index contributed by atoms with van der Waals surface area (Å²) < 4.78 is 1.08. The molecule has 2 atom stereocenters. The third-order valence-corrected chi connectivity index (χ3v) is 3.11. The summed E-state index contributed by atoms with van der Waals surface area (Å²) in [5.41, 5.74) is 1.18. The molecule has 0 aliphatic heterocycles. The number of aliphatic hydroxyl groups excluding tert-OH is 1. The van der Waals surface area contributed by atoms with Gasteiger partial charge in [-0.3, -0.25) is 0 Å². The summed E-state index contributed by atoms with van der Waals surface area (Å²) in [6.07, 6.45) is 0.543. The average Bonchev–Trinajstić information content (AvgIpc) is 2.16. The zero-order valence-electron chi connectivity index (χ0n) is 8.00. The molecule has 1 nitrogen and oxygen atoms in total. The highest BCUT2D eigenvalue weighted by Crippen LogP contribution is 2.27. The molecular formula is C11H15BrO. The van der Waals surface area contributed by atoms with E-state index < -0.39 is 0 Å². The maximum atomic E-state index is 9.68. The Balaban J connectivity index is 2.88. The third kappa shape index (κ3) is 2.55. The van der Waals surface area contributed by atoms with Crippen LogP contribution in [0.1, 0.15) is 31.7 Å². The summed E-state index contributed by atoms with van der Waals surface area (Å²) in [7, 11) is 0. The van der Waals surface area contributed by atoms with E-state index in [1.165, 1.54) is 5.56 Å². The van der Waals surface area contributed by atoms with Gasteiger partial charge in [-0.15, -0.1) is 0 Å². The van der Waals surface area contributed by atoms with Crippen LogP contribution in [-0.4, -0.2) is 11.2 Å². The molecule has 2 unspecified atom stereocenters. The summed E-state index contributed by atoms with van der Waals surface area (Å²) in [6, 6.07) is 8.04. The lowest BCUT2D eigenvalue weighted by Gasteiger charge is -2.18. The van der Waals surface area contributed by atoms with Crippen molar-refractivity contribution in [3.05, 3.63) is 34.3 Å². The first-order valence-electron chi connectivity index (χ1n) is 4.59. The normalized spacial score (nSPS) is 15.4. The minimum absolute atomic E-state index is 0.195. The Morgan fingerprint density at radius 2 is 2.00 bits per heavy atom. The van der Waals surface area contributed by atoms with Crippen LogP contribution in [0.2, 0.25) is 0 Å². The van der Waals surface area contributed by atoms with Crippen molar-refractivity contribution < 1.29 is 5.11 Å². The van der Waals surface area contributed by atoms with Crippen molar-refractivity contribution in [2.75, 3.05) is 0 Å². The SMILES string of the molecule is CCC(O)C(C)c1ccccc1Br. The highest BCUT2D eigenvalue weighted by Gasteiger charge is 2.15. The smallest absolute Gasteiger partial charge is 0.0603 e. The van der Waals surface area contributed by atoms with Crippen LogP contribution in [0.15, 0.2) is 28.7 Å². The summed E-state index contributed by atoms with van der Waals surface area (Å²) in [5, 5.41) is 9.68. The molecule has 0 fully saturated rings. The summed E-state index contributed by atoms with van der Waals surface area (Å²) in [5.74, 6) is 0.195. The molecule has 72 valence electrons. The molecule has 0 saturated carbocycles. The second-order valence-electron chi connectivity index (χ2n) is 3.29. The Morgan fingerprint density at radius 1 is 1.38 bits per heavy atom. The zero-order valence-corrected chi connectivity index (χ0v) is 9.58. The largest absolute Gasteiger partial charge is 0.393 e. The van der Waals surface area contributed by atoms with E-state index in [4.69, 9.17) is 0 Å². The highest BCUT2D eigenvalue weighted by atomic mass is 79.9. The van der Waals surface area contributed by atoms with E-state index >= 15 is 0 Å². The van der Waals surface area contributed by atoms with Gasteiger partial charge in [0.25, 0.3) is 0 Å². The maximum absolute atomic E-state index is 9.68. The number of benzene rings is 1. The molecule has 1 aromatic carbocycles. The topological polar surface area (TPSA) is 20.2 Å². The Hall–Kier alpha value is -0.340. The lowest BCUT2D eigenvalue weighted by atomic mass is 9.94. The molecule has 0 aliphatic carbocycles. The molecule has 1 aromatic rings. The summed E-state index contributed by atoms with van der Waals surface area (Å²) in [4.78, 5) is 0. The number of halogens is 1. The van der Waals surface area contributed by atoms with Crippen molar-refractivity contribution in [2.45, 2.75) is 32.3 Å². The lowest BCUT2D eigenvalue weighted by Crippen LogP contribution is -2.14. The standard InChI is InChI=1S/C11H15BrO/c1-3-11(13)8(2)9-6-4-5-7-10(9)12/h4-8,11,13H,3H2,1-2H3. The quantitative estimate of drug-likeness (QED) is 0.863. The molecule has 0 aliphatic rings. The first-order valence-corrected chi connectivity index (χ1v) is 5.38. The fourth-order valence-electron chi connectivity index (χ4n) is 1.41. The zero-order chi connectivity index (χ0) is 9.84. The van der Waals surface area contributed by atoms with Crippen molar-refractivity contribution >= 4 is 15.9 Å². The lowest BCUT2D eigenvalue weighted by molar-refractivity contribution is 0.145. The van der Waals surface area contributed by atoms with Crippen LogP contribution in [0.25, 0.3) is 0 Å². The number of aliphatic hydroxyl groups is 1. The van der Waals surface area contributed by atoms with E-state index in [9.17, 15) is 5.11 Å². The Kier molecular flexibility index (Phi) is 3.94. The van der Waals surface area contributed by atoms with E-state index in [0.29, 0.717) is 0 Å². The van der Waals surface area contributed by atoms with Crippen LogP contribution in [0.3, 0.4) is 0 Å². The summed E-state index contributed by atoms with van der Waals surface area (Å²) >= 11 is 3.48. The van der Waals surface area contributed by atoms with E-state index in [-0.39, 0.29) is 12.0 Å². The van der Waals surface area contributed by atoms with Crippen LogP contribution in [0.4, 0.5) is 0 Å². The van der Waals surface area contributed by atoms with Gasteiger partial charge in [-0.25, -0.2) is 0 Å². The van der Waals surface area contributed by atoms with E-state index in [1.54, 1.807) is 0 Å². The first-order chi connectivity index (χ1) is 6.16. The van der Waals surface area contributed by atoms with Gasteiger partial charge in [-0.05, 0) is 18.1 Å². The Morgan fingerprint density at radius 3 is 2.54 bits per heavy atom. The number of hydrogen-bond acceptors (Lipinski definition) is 1. The molecule has 13 heavy (non-hydrogen) atoms. The van der Waals surface area contributed by atoms with E-state index in [2.05, 4.69) is 15.9 Å². The van der Waals surface area contributed by atoms with E-state index in [1.807, 2.05) is 38.1 Å². The molecule has 0 radical (unpaired) electrons. The minimum atomic E-state index is -0.251. The molecule has 0 spiro atoms. The van der Waals surface area contributed by atoms with Gasteiger partial charge in [-0.2, -0.15) is 0 Å². The van der Waals surface area contributed by atoms with Crippen LogP contribution < -0.4 is 0 Å². The Bertz CT molecular complexity index is 273. The van der Waals surface area contributed by atoms with Crippen LogP contribution in [0.5, 0.6) is 0 Å². The average molecular weight is 243 g/mol. The van der Waals surface area contributed by atoms with Crippen molar-refractivity contribution in [2.24, 2.45) is 0 Å². The van der Waals surface area contributed by atoms with Gasteiger partial charge >= 0.3 is 0 Å². The highest BCUT2D eigenvalue weighted by molar-refractivity contribution is 9.10. The predicted molar refractivity (Wildman–Crippen MR) is 58.9 cm³/mol. The van der Waals surface area contributed by atoms with Crippen molar-refractivity contribution in [1.29, 1.82) is 0 Å². The molecule has 0 saturated heterocycles. The van der Waals surface area contributed by atoms with Crippen molar-refractivity contribution in [3.63, 3.8) is 0 Å². The molecule has 0 heterocycles. The number of hydrogen-bond donors (Lipinski definition) is 1. The third-order valence-electron chi connectivity index (χ3n) is 2.39.